The molecule has 8 nitrogen and oxygen atoms in total. The lowest BCUT2D eigenvalue weighted by atomic mass is 10.2. The highest BCUT2D eigenvalue weighted by molar-refractivity contribution is 7.89. The molecule has 0 aliphatic heterocycles. The van der Waals surface area contributed by atoms with Crippen molar-refractivity contribution < 1.29 is 13.3 Å². The van der Waals surface area contributed by atoms with Crippen LogP contribution in [0.4, 0.5) is 11.4 Å². The van der Waals surface area contributed by atoms with Crippen LogP contribution in [-0.2, 0) is 10.0 Å². The third-order valence-electron chi connectivity index (χ3n) is 2.31. The van der Waals surface area contributed by atoms with Crippen LogP contribution in [0.2, 0.25) is 0 Å². The molecule has 1 rings (SSSR count). The molecule has 0 aliphatic rings. The van der Waals surface area contributed by atoms with Crippen molar-refractivity contribution in [2.75, 3.05) is 12.0 Å². The Morgan fingerprint density at radius 2 is 2.05 bits per heavy atom. The summed E-state index contributed by atoms with van der Waals surface area (Å²) in [4.78, 5) is 9.96. The summed E-state index contributed by atoms with van der Waals surface area (Å²) in [5.41, 5.74) is 1.80. The summed E-state index contributed by atoms with van der Waals surface area (Å²) in [6.45, 7) is 3.96. The van der Waals surface area contributed by atoms with Crippen molar-refractivity contribution in [1.82, 2.24) is 4.72 Å². The number of sulfonamides is 1. The summed E-state index contributed by atoms with van der Waals surface area (Å²) >= 11 is 0. The highest BCUT2D eigenvalue weighted by Crippen LogP contribution is 2.26. The van der Waals surface area contributed by atoms with Crippen LogP contribution in [0.15, 0.2) is 23.1 Å². The molecule has 0 aromatic heterocycles. The molecule has 19 heavy (non-hydrogen) atoms. The summed E-state index contributed by atoms with van der Waals surface area (Å²) in [7, 11) is -3.76. The molecule has 0 bridgehead atoms. The quantitative estimate of drug-likeness (QED) is 0.404. The summed E-state index contributed by atoms with van der Waals surface area (Å²) in [6, 6.07) is 3.48. The maximum Gasteiger partial charge on any atom is 0.294 e. The molecule has 0 fully saturated rings. The van der Waals surface area contributed by atoms with Gasteiger partial charge in [0.2, 0.25) is 10.0 Å². The number of hydrogen-bond acceptors (Lipinski definition) is 6. The van der Waals surface area contributed by atoms with E-state index < -0.39 is 20.6 Å². The molecule has 1 aromatic rings. The minimum Gasteiger partial charge on any atom is -0.318 e. The first-order valence-electron chi connectivity index (χ1n) is 5.52. The number of hydrogen-bond donors (Lipinski definition) is 3. The van der Waals surface area contributed by atoms with Gasteiger partial charge in [-0.25, -0.2) is 13.1 Å². The Morgan fingerprint density at radius 1 is 1.42 bits per heavy atom. The lowest BCUT2D eigenvalue weighted by Gasteiger charge is -2.09. The number of benzene rings is 1. The Kier molecular flexibility index (Phi) is 4.81. The minimum absolute atomic E-state index is 0.0489. The fourth-order valence-corrected chi connectivity index (χ4v) is 2.54. The van der Waals surface area contributed by atoms with Crippen LogP contribution in [0.25, 0.3) is 0 Å². The van der Waals surface area contributed by atoms with Gasteiger partial charge >= 0.3 is 0 Å². The summed E-state index contributed by atoms with van der Waals surface area (Å²) in [6.07, 6.45) is 0. The fraction of sp³-hybridized carbons (Fsp3) is 0.400. The van der Waals surface area contributed by atoms with Crippen molar-refractivity contribution in [1.29, 1.82) is 0 Å². The van der Waals surface area contributed by atoms with Crippen LogP contribution in [0, 0.1) is 16.0 Å². The normalized spacial score (nSPS) is 11.6. The van der Waals surface area contributed by atoms with Gasteiger partial charge < -0.3 is 5.43 Å². The molecule has 106 valence electrons. The number of nitro benzene ring substituents is 1. The van der Waals surface area contributed by atoms with Gasteiger partial charge in [-0.05, 0) is 18.1 Å². The van der Waals surface area contributed by atoms with Crippen molar-refractivity contribution in [2.24, 2.45) is 11.8 Å². The predicted octanol–water partition coefficient (Wildman–Crippen LogP) is 0.815. The molecular formula is C10H16N4O4S. The van der Waals surface area contributed by atoms with Gasteiger partial charge in [-0.1, -0.05) is 13.8 Å². The lowest BCUT2D eigenvalue weighted by Crippen LogP contribution is -2.27. The Hall–Kier alpha value is -1.71. The standard InChI is InChI=1S/C10H16N4O4S/c1-7(2)6-12-19(17,18)8-3-4-9(13-11)10(5-8)14(15)16/h3-5,7,12-13H,6,11H2,1-2H3. The molecule has 0 atom stereocenters. The van der Waals surface area contributed by atoms with E-state index in [0.717, 1.165) is 6.07 Å². The topological polar surface area (TPSA) is 127 Å². The second-order valence-corrected chi connectivity index (χ2v) is 6.09. The number of anilines is 1. The first kappa shape index (κ1) is 15.3. The maximum absolute atomic E-state index is 11.9. The van der Waals surface area contributed by atoms with Gasteiger partial charge in [0.05, 0.1) is 9.82 Å². The van der Waals surface area contributed by atoms with E-state index in [0.29, 0.717) is 0 Å². The van der Waals surface area contributed by atoms with E-state index >= 15 is 0 Å². The molecule has 9 heteroatoms. The van der Waals surface area contributed by atoms with Crippen LogP contribution < -0.4 is 16.0 Å². The van der Waals surface area contributed by atoms with Crippen LogP contribution in [0.3, 0.4) is 0 Å². The van der Waals surface area contributed by atoms with Gasteiger partial charge in [-0.2, -0.15) is 0 Å². The Bertz CT molecular complexity index is 571. The van der Waals surface area contributed by atoms with Crippen molar-refractivity contribution in [2.45, 2.75) is 18.7 Å². The van der Waals surface area contributed by atoms with Crippen LogP contribution in [0.5, 0.6) is 0 Å². The summed E-state index contributed by atoms with van der Waals surface area (Å²) in [5.74, 6) is 5.26. The highest BCUT2D eigenvalue weighted by Gasteiger charge is 2.21. The van der Waals surface area contributed by atoms with E-state index in [4.69, 9.17) is 5.84 Å². The summed E-state index contributed by atoms with van der Waals surface area (Å²) in [5, 5.41) is 10.8. The second-order valence-electron chi connectivity index (χ2n) is 4.33. The number of nitrogen functional groups attached to an aromatic ring is 1. The van der Waals surface area contributed by atoms with Gasteiger partial charge in [0.25, 0.3) is 5.69 Å². The maximum atomic E-state index is 11.9. The van der Waals surface area contributed by atoms with Crippen LogP contribution in [0.1, 0.15) is 13.8 Å². The Labute approximate surface area is 111 Å². The Morgan fingerprint density at radius 3 is 2.53 bits per heavy atom. The van der Waals surface area contributed by atoms with E-state index in [9.17, 15) is 18.5 Å². The van der Waals surface area contributed by atoms with Gasteiger partial charge in [0, 0.05) is 12.6 Å². The first-order valence-corrected chi connectivity index (χ1v) is 7.01. The van der Waals surface area contributed by atoms with Gasteiger partial charge in [0.15, 0.2) is 0 Å². The average Bonchev–Trinajstić information content (AvgIpc) is 2.35. The molecule has 0 spiro atoms. The molecule has 0 unspecified atom stereocenters. The zero-order chi connectivity index (χ0) is 14.6. The van der Waals surface area contributed by atoms with Crippen molar-refractivity contribution in [3.05, 3.63) is 28.3 Å². The van der Waals surface area contributed by atoms with Crippen molar-refractivity contribution >= 4 is 21.4 Å². The van der Waals surface area contributed by atoms with E-state index in [1.54, 1.807) is 0 Å². The fourth-order valence-electron chi connectivity index (χ4n) is 1.31. The number of nitrogens with two attached hydrogens (primary N) is 1. The largest absolute Gasteiger partial charge is 0.318 e. The zero-order valence-electron chi connectivity index (χ0n) is 10.6. The molecule has 0 saturated heterocycles. The molecule has 0 heterocycles. The molecule has 0 amide bonds. The zero-order valence-corrected chi connectivity index (χ0v) is 11.4. The number of rotatable bonds is 6. The third kappa shape index (κ3) is 3.88. The van der Waals surface area contributed by atoms with Gasteiger partial charge in [-0.15, -0.1) is 0 Å². The molecule has 0 aliphatic carbocycles. The van der Waals surface area contributed by atoms with E-state index in [-0.39, 0.29) is 23.0 Å². The lowest BCUT2D eigenvalue weighted by molar-refractivity contribution is -0.384. The van der Waals surface area contributed by atoms with Crippen LogP contribution >= 0.6 is 0 Å². The molecule has 0 saturated carbocycles. The SMILES string of the molecule is CC(C)CNS(=O)(=O)c1ccc(NN)c([N+](=O)[O-])c1. The number of hydrazine groups is 1. The molecular weight excluding hydrogens is 272 g/mol. The predicted molar refractivity (Wildman–Crippen MR) is 70.9 cm³/mol. The Balaban J connectivity index is 3.14. The van der Waals surface area contributed by atoms with E-state index in [1.165, 1.54) is 12.1 Å². The average molecular weight is 288 g/mol. The second kappa shape index (κ2) is 5.95. The number of nitrogens with one attached hydrogen (secondary N) is 2. The van der Waals surface area contributed by atoms with Crippen molar-refractivity contribution in [3.63, 3.8) is 0 Å². The molecule has 1 aromatic carbocycles. The minimum atomic E-state index is -3.76. The third-order valence-corrected chi connectivity index (χ3v) is 3.73. The molecule has 0 radical (unpaired) electrons. The van der Waals surface area contributed by atoms with Gasteiger partial charge in [0.1, 0.15) is 5.69 Å². The smallest absolute Gasteiger partial charge is 0.294 e. The summed E-state index contributed by atoms with van der Waals surface area (Å²) < 4.78 is 26.2. The first-order chi connectivity index (χ1) is 8.77. The van der Waals surface area contributed by atoms with E-state index in [1.807, 2.05) is 13.8 Å². The number of nitro groups is 1. The van der Waals surface area contributed by atoms with E-state index in [2.05, 4.69) is 10.1 Å². The number of nitrogens with zero attached hydrogens (tertiary/aromatic N) is 1. The van der Waals surface area contributed by atoms with Crippen LogP contribution in [-0.4, -0.2) is 19.9 Å². The van der Waals surface area contributed by atoms with Gasteiger partial charge in [-0.3, -0.25) is 16.0 Å². The van der Waals surface area contributed by atoms with Crippen molar-refractivity contribution in [3.8, 4) is 0 Å². The molecule has 4 N–H and O–H groups in total. The monoisotopic (exact) mass is 288 g/mol. The highest BCUT2D eigenvalue weighted by atomic mass is 32.2.